The number of carbonyl (C=O) groups excluding carboxylic acids is 1. The van der Waals surface area contributed by atoms with Crippen LogP contribution in [-0.2, 0) is 0 Å². The normalized spacial score (nSPS) is 22.6. The van der Waals surface area contributed by atoms with Gasteiger partial charge in [-0.05, 0) is 43.7 Å². The van der Waals surface area contributed by atoms with E-state index in [1.165, 1.54) is 0 Å². The van der Waals surface area contributed by atoms with Gasteiger partial charge in [0.1, 0.15) is 0 Å². The molecule has 1 saturated carbocycles. The maximum atomic E-state index is 13.2. The van der Waals surface area contributed by atoms with Crippen LogP contribution in [0.25, 0.3) is 0 Å². The molecule has 110 valence electrons. The molecule has 0 aromatic heterocycles. The van der Waals surface area contributed by atoms with Crippen molar-refractivity contribution in [1.29, 1.82) is 0 Å². The van der Waals surface area contributed by atoms with Gasteiger partial charge in [0, 0.05) is 12.6 Å². The van der Waals surface area contributed by atoms with E-state index in [0.29, 0.717) is 0 Å². The Morgan fingerprint density at radius 1 is 1.25 bits per heavy atom. The highest BCUT2D eigenvalue weighted by Gasteiger charge is 2.23. The first-order valence-electron chi connectivity index (χ1n) is 6.57. The summed E-state index contributed by atoms with van der Waals surface area (Å²) in [5.41, 5.74) is -0.0603. The van der Waals surface area contributed by atoms with E-state index >= 15 is 0 Å². The molecular weight excluding hydrogens is 288 g/mol. The largest absolute Gasteiger partial charge is 0.396 e. The number of hydrogen-bond acceptors (Lipinski definition) is 2. The summed E-state index contributed by atoms with van der Waals surface area (Å²) >= 11 is 5.76. The number of nitrogens with one attached hydrogen (secondary N) is 1. The van der Waals surface area contributed by atoms with Crippen LogP contribution in [0.4, 0.5) is 8.78 Å². The molecule has 1 amide bonds. The van der Waals surface area contributed by atoms with Gasteiger partial charge in [-0.3, -0.25) is 4.79 Å². The standard InChI is InChI=1S/C14H16ClF2NO2/c15-11-6-13(17)12(16)5-10(11)14(20)18-9-3-1-8(7-19)2-4-9/h5-6,8-9,19H,1-4,7H2,(H,18,20). The fourth-order valence-electron chi connectivity index (χ4n) is 2.45. The molecule has 1 aromatic rings. The van der Waals surface area contributed by atoms with Crippen molar-refractivity contribution in [3.8, 4) is 0 Å². The van der Waals surface area contributed by atoms with Crippen LogP contribution in [0.2, 0.25) is 5.02 Å². The average Bonchev–Trinajstić information content (AvgIpc) is 2.43. The molecular formula is C14H16ClF2NO2. The van der Waals surface area contributed by atoms with E-state index in [9.17, 15) is 13.6 Å². The zero-order chi connectivity index (χ0) is 14.7. The molecule has 0 saturated heterocycles. The molecule has 1 aliphatic rings. The highest BCUT2D eigenvalue weighted by atomic mass is 35.5. The summed E-state index contributed by atoms with van der Waals surface area (Å²) in [7, 11) is 0. The fourth-order valence-corrected chi connectivity index (χ4v) is 2.69. The first-order chi connectivity index (χ1) is 9.51. The third-order valence-electron chi connectivity index (χ3n) is 3.69. The molecule has 1 aliphatic carbocycles. The van der Waals surface area contributed by atoms with E-state index in [0.717, 1.165) is 37.8 Å². The summed E-state index contributed by atoms with van der Waals surface area (Å²) in [6.45, 7) is 0.162. The van der Waals surface area contributed by atoms with Crippen LogP contribution in [0.3, 0.4) is 0 Å². The third kappa shape index (κ3) is 3.46. The van der Waals surface area contributed by atoms with Crippen molar-refractivity contribution < 1.29 is 18.7 Å². The van der Waals surface area contributed by atoms with Crippen molar-refractivity contribution in [3.05, 3.63) is 34.4 Å². The molecule has 2 rings (SSSR count). The number of amides is 1. The summed E-state index contributed by atoms with van der Waals surface area (Å²) in [6, 6.07) is 1.59. The smallest absolute Gasteiger partial charge is 0.253 e. The van der Waals surface area contributed by atoms with E-state index in [2.05, 4.69) is 5.32 Å². The number of aliphatic hydroxyl groups is 1. The molecule has 3 nitrogen and oxygen atoms in total. The van der Waals surface area contributed by atoms with E-state index in [1.54, 1.807) is 0 Å². The van der Waals surface area contributed by atoms with Gasteiger partial charge in [-0.2, -0.15) is 0 Å². The molecule has 0 heterocycles. The quantitative estimate of drug-likeness (QED) is 0.844. The second-order valence-corrected chi connectivity index (χ2v) is 5.53. The number of aliphatic hydroxyl groups excluding tert-OH is 1. The van der Waals surface area contributed by atoms with Crippen molar-refractivity contribution in [2.24, 2.45) is 5.92 Å². The summed E-state index contributed by atoms with van der Waals surface area (Å²) in [5.74, 6) is -2.38. The second-order valence-electron chi connectivity index (χ2n) is 5.12. The lowest BCUT2D eigenvalue weighted by Crippen LogP contribution is -2.38. The molecule has 0 radical (unpaired) electrons. The van der Waals surface area contributed by atoms with Crippen LogP contribution in [0.15, 0.2) is 12.1 Å². The highest BCUT2D eigenvalue weighted by molar-refractivity contribution is 6.33. The number of hydrogen-bond donors (Lipinski definition) is 2. The van der Waals surface area contributed by atoms with E-state index < -0.39 is 17.5 Å². The van der Waals surface area contributed by atoms with Crippen molar-refractivity contribution in [3.63, 3.8) is 0 Å². The lowest BCUT2D eigenvalue weighted by Gasteiger charge is -2.28. The average molecular weight is 304 g/mol. The first kappa shape index (κ1) is 15.2. The van der Waals surface area contributed by atoms with Gasteiger partial charge < -0.3 is 10.4 Å². The van der Waals surface area contributed by atoms with Crippen molar-refractivity contribution in [2.45, 2.75) is 31.7 Å². The van der Waals surface area contributed by atoms with Gasteiger partial charge in [0.25, 0.3) is 5.91 Å². The van der Waals surface area contributed by atoms with Crippen LogP contribution in [0.5, 0.6) is 0 Å². The van der Waals surface area contributed by atoms with Crippen molar-refractivity contribution >= 4 is 17.5 Å². The maximum absolute atomic E-state index is 13.2. The number of halogens is 3. The molecule has 20 heavy (non-hydrogen) atoms. The lowest BCUT2D eigenvalue weighted by atomic mass is 9.86. The molecule has 2 N–H and O–H groups in total. The number of rotatable bonds is 3. The van der Waals surface area contributed by atoms with Crippen LogP contribution in [-0.4, -0.2) is 23.7 Å². The van der Waals surface area contributed by atoms with Crippen LogP contribution >= 0.6 is 11.6 Å². The van der Waals surface area contributed by atoms with Gasteiger partial charge in [0.15, 0.2) is 11.6 Å². The van der Waals surface area contributed by atoms with Gasteiger partial charge in [-0.1, -0.05) is 11.6 Å². The Balaban J connectivity index is 2.01. The predicted octanol–water partition coefficient (Wildman–Crippen LogP) is 2.90. The molecule has 0 atom stereocenters. The number of benzene rings is 1. The summed E-state index contributed by atoms with van der Waals surface area (Å²) in [6.07, 6.45) is 3.20. The summed E-state index contributed by atoms with van der Waals surface area (Å²) in [4.78, 5) is 12.0. The van der Waals surface area contributed by atoms with E-state index in [4.69, 9.17) is 16.7 Å². The van der Waals surface area contributed by atoms with Gasteiger partial charge >= 0.3 is 0 Å². The minimum absolute atomic E-state index is 0.0190. The second kappa shape index (κ2) is 6.50. The Morgan fingerprint density at radius 3 is 2.45 bits per heavy atom. The molecule has 0 spiro atoms. The zero-order valence-electron chi connectivity index (χ0n) is 10.8. The molecule has 0 bridgehead atoms. The zero-order valence-corrected chi connectivity index (χ0v) is 11.6. The van der Waals surface area contributed by atoms with E-state index in [-0.39, 0.29) is 29.2 Å². The predicted molar refractivity (Wildman–Crippen MR) is 71.7 cm³/mol. The molecule has 0 aliphatic heterocycles. The van der Waals surface area contributed by atoms with Gasteiger partial charge in [-0.15, -0.1) is 0 Å². The molecule has 6 heteroatoms. The lowest BCUT2D eigenvalue weighted by molar-refractivity contribution is 0.0913. The van der Waals surface area contributed by atoms with E-state index in [1.807, 2.05) is 0 Å². The Kier molecular flexibility index (Phi) is 4.94. The highest BCUT2D eigenvalue weighted by Crippen LogP contribution is 2.25. The minimum atomic E-state index is -1.09. The third-order valence-corrected chi connectivity index (χ3v) is 4.01. The molecule has 0 unspecified atom stereocenters. The van der Waals surface area contributed by atoms with Gasteiger partial charge in [-0.25, -0.2) is 8.78 Å². The Bertz CT molecular complexity index is 502. The Labute approximate surface area is 120 Å². The van der Waals surface area contributed by atoms with Gasteiger partial charge in [0.05, 0.1) is 10.6 Å². The van der Waals surface area contributed by atoms with Gasteiger partial charge in [0.2, 0.25) is 0 Å². The first-order valence-corrected chi connectivity index (χ1v) is 6.95. The maximum Gasteiger partial charge on any atom is 0.253 e. The summed E-state index contributed by atoms with van der Waals surface area (Å²) in [5, 5.41) is 11.7. The molecule has 1 fully saturated rings. The van der Waals surface area contributed by atoms with Crippen LogP contribution in [0, 0.1) is 17.6 Å². The molecule has 1 aromatic carbocycles. The monoisotopic (exact) mass is 303 g/mol. The fraction of sp³-hybridized carbons (Fsp3) is 0.500. The summed E-state index contributed by atoms with van der Waals surface area (Å²) < 4.78 is 26.1. The topological polar surface area (TPSA) is 49.3 Å². The Morgan fingerprint density at radius 2 is 1.85 bits per heavy atom. The van der Waals surface area contributed by atoms with Crippen molar-refractivity contribution in [2.75, 3.05) is 6.61 Å². The minimum Gasteiger partial charge on any atom is -0.396 e. The van der Waals surface area contributed by atoms with Crippen LogP contribution < -0.4 is 5.32 Å². The van der Waals surface area contributed by atoms with Crippen molar-refractivity contribution in [1.82, 2.24) is 5.32 Å². The SMILES string of the molecule is O=C(NC1CCC(CO)CC1)c1cc(F)c(F)cc1Cl. The Hall–Kier alpha value is -1.20. The van der Waals surface area contributed by atoms with Crippen LogP contribution in [0.1, 0.15) is 36.0 Å². The number of carbonyl (C=O) groups is 1.